The van der Waals surface area contributed by atoms with Gasteiger partial charge in [-0.3, -0.25) is 9.67 Å². The number of carbonyl (C=O) groups excluding carboxylic acids is 1. The van der Waals surface area contributed by atoms with Crippen molar-refractivity contribution in [3.8, 4) is 11.4 Å². The highest BCUT2D eigenvalue weighted by Gasteiger charge is 2.18. The van der Waals surface area contributed by atoms with Crippen LogP contribution in [0, 0.1) is 0 Å². The van der Waals surface area contributed by atoms with E-state index >= 15 is 0 Å². The first-order valence-corrected chi connectivity index (χ1v) is 8.22. The zero-order valence-electron chi connectivity index (χ0n) is 13.7. The normalized spacial score (nSPS) is 11.3. The van der Waals surface area contributed by atoms with Crippen molar-refractivity contribution < 1.29 is 9.53 Å². The lowest BCUT2D eigenvalue weighted by Gasteiger charge is -2.03. The molecule has 0 bridgehead atoms. The summed E-state index contributed by atoms with van der Waals surface area (Å²) >= 11 is 6.09. The molecule has 4 aromatic rings. The predicted molar refractivity (Wildman–Crippen MR) is 96.8 cm³/mol. The van der Waals surface area contributed by atoms with Crippen molar-refractivity contribution in [2.24, 2.45) is 0 Å². The second kappa shape index (κ2) is 5.89. The van der Waals surface area contributed by atoms with E-state index in [1.807, 2.05) is 35.9 Å². The molecule has 0 aliphatic heterocycles. The van der Waals surface area contributed by atoms with Crippen molar-refractivity contribution in [1.82, 2.24) is 19.7 Å². The monoisotopic (exact) mass is 354 g/mol. The highest BCUT2D eigenvalue weighted by molar-refractivity contribution is 6.31. The molecule has 25 heavy (non-hydrogen) atoms. The number of esters is 1. The van der Waals surface area contributed by atoms with Gasteiger partial charge in [-0.15, -0.1) is 0 Å². The highest BCUT2D eigenvalue weighted by Crippen LogP contribution is 2.32. The minimum Gasteiger partial charge on any atom is -0.465 e. The zero-order chi connectivity index (χ0) is 17.6. The molecule has 3 heterocycles. The topological polar surface area (TPSA) is 72.8 Å². The number of hydrogen-bond acceptors (Lipinski definition) is 4. The molecule has 0 fully saturated rings. The van der Waals surface area contributed by atoms with Crippen LogP contribution in [0.3, 0.4) is 0 Å². The fraction of sp³-hybridized carbons (Fsp3) is 0.167. The summed E-state index contributed by atoms with van der Waals surface area (Å²) in [4.78, 5) is 19.6. The molecule has 1 aromatic carbocycles. The first-order valence-electron chi connectivity index (χ1n) is 7.85. The second-order valence-corrected chi connectivity index (χ2v) is 6.06. The van der Waals surface area contributed by atoms with Crippen molar-refractivity contribution in [1.29, 1.82) is 0 Å². The summed E-state index contributed by atoms with van der Waals surface area (Å²) in [6, 6.07) is 9.19. The lowest BCUT2D eigenvalue weighted by Crippen LogP contribution is -2.02. The van der Waals surface area contributed by atoms with E-state index in [-0.39, 0.29) is 0 Å². The maximum absolute atomic E-state index is 12.0. The summed E-state index contributed by atoms with van der Waals surface area (Å²) in [7, 11) is 1.36. The van der Waals surface area contributed by atoms with E-state index in [0.29, 0.717) is 28.2 Å². The molecule has 0 aliphatic carbocycles. The maximum atomic E-state index is 12.0. The van der Waals surface area contributed by atoms with Gasteiger partial charge in [-0.1, -0.05) is 11.6 Å². The van der Waals surface area contributed by atoms with Gasteiger partial charge in [0.15, 0.2) is 0 Å². The smallest absolute Gasteiger partial charge is 0.340 e. The number of aromatic nitrogens is 4. The van der Waals surface area contributed by atoms with Crippen LogP contribution in [-0.4, -0.2) is 32.8 Å². The predicted octanol–water partition coefficient (Wildman–Crippen LogP) is 4.04. The number of aromatic amines is 1. The number of pyridine rings is 1. The third kappa shape index (κ3) is 2.46. The summed E-state index contributed by atoms with van der Waals surface area (Å²) in [6.45, 7) is 2.73. The number of carbonyl (C=O) groups is 1. The van der Waals surface area contributed by atoms with Crippen LogP contribution in [0.15, 0.2) is 36.5 Å². The van der Waals surface area contributed by atoms with Crippen molar-refractivity contribution in [2.45, 2.75) is 13.5 Å². The van der Waals surface area contributed by atoms with Crippen molar-refractivity contribution >= 4 is 39.5 Å². The lowest BCUT2D eigenvalue weighted by atomic mass is 10.1. The molecular weight excluding hydrogens is 340 g/mol. The standard InChI is InChI=1S/C18H15ClN4O2/c1-3-23-17(11-5-4-10(19)8-13(11)22-23)15-9-14-16(21-15)12(6-7-20-14)18(24)25-2/h4-9,21H,3H2,1-2H3. The van der Waals surface area contributed by atoms with Crippen LogP contribution in [0.1, 0.15) is 17.3 Å². The van der Waals surface area contributed by atoms with Gasteiger partial charge in [0.25, 0.3) is 0 Å². The van der Waals surface area contributed by atoms with E-state index in [4.69, 9.17) is 16.3 Å². The van der Waals surface area contributed by atoms with E-state index in [9.17, 15) is 4.79 Å². The van der Waals surface area contributed by atoms with Crippen LogP contribution >= 0.6 is 11.6 Å². The van der Waals surface area contributed by atoms with Crippen molar-refractivity contribution in [2.75, 3.05) is 7.11 Å². The number of methoxy groups -OCH3 is 1. The molecule has 6 nitrogen and oxygen atoms in total. The summed E-state index contributed by atoms with van der Waals surface area (Å²) in [6.07, 6.45) is 1.60. The molecule has 1 N–H and O–H groups in total. The third-order valence-corrected chi connectivity index (χ3v) is 4.42. The number of fused-ring (bicyclic) bond motifs is 2. The molecule has 126 valence electrons. The Balaban J connectivity index is 1.99. The van der Waals surface area contributed by atoms with Crippen LogP contribution in [0.2, 0.25) is 5.02 Å². The number of halogens is 1. The first kappa shape index (κ1) is 15.7. The van der Waals surface area contributed by atoms with E-state index in [1.165, 1.54) is 7.11 Å². The Morgan fingerprint density at radius 3 is 2.88 bits per heavy atom. The Kier molecular flexibility index (Phi) is 3.69. The van der Waals surface area contributed by atoms with Gasteiger partial charge in [-0.05, 0) is 37.3 Å². The molecule has 0 saturated carbocycles. The molecule has 0 unspecified atom stereocenters. The van der Waals surface area contributed by atoms with Crippen LogP contribution in [0.5, 0.6) is 0 Å². The van der Waals surface area contributed by atoms with Crippen molar-refractivity contribution in [3.05, 3.63) is 47.1 Å². The molecule has 0 spiro atoms. The quantitative estimate of drug-likeness (QED) is 0.563. The minimum atomic E-state index is -0.401. The maximum Gasteiger partial charge on any atom is 0.340 e. The van der Waals surface area contributed by atoms with Gasteiger partial charge in [0.05, 0.1) is 40.6 Å². The lowest BCUT2D eigenvalue weighted by molar-refractivity contribution is 0.0602. The number of hydrogen-bond donors (Lipinski definition) is 1. The minimum absolute atomic E-state index is 0.401. The number of nitrogens with one attached hydrogen (secondary N) is 1. The number of rotatable bonds is 3. The second-order valence-electron chi connectivity index (χ2n) is 5.62. The summed E-state index contributed by atoms with van der Waals surface area (Å²) in [5, 5.41) is 6.24. The average molecular weight is 355 g/mol. The molecule has 7 heteroatoms. The molecule has 0 amide bonds. The van der Waals surface area contributed by atoms with Gasteiger partial charge < -0.3 is 9.72 Å². The Labute approximate surface area is 148 Å². The van der Waals surface area contributed by atoms with Gasteiger partial charge in [0.2, 0.25) is 0 Å². The van der Waals surface area contributed by atoms with Crippen LogP contribution in [-0.2, 0) is 11.3 Å². The van der Waals surface area contributed by atoms with Crippen LogP contribution in [0.25, 0.3) is 33.3 Å². The molecule has 3 aromatic heterocycles. The van der Waals surface area contributed by atoms with Gasteiger partial charge in [0.1, 0.15) is 0 Å². The molecule has 0 aliphatic rings. The molecule has 0 atom stereocenters. The SMILES string of the molecule is CCn1nc2cc(Cl)ccc2c1-c1cc2nccc(C(=O)OC)c2[nH]1. The van der Waals surface area contributed by atoms with Gasteiger partial charge in [-0.25, -0.2) is 4.79 Å². The number of H-pyrrole nitrogens is 1. The zero-order valence-corrected chi connectivity index (χ0v) is 14.5. The van der Waals surface area contributed by atoms with Gasteiger partial charge in [-0.2, -0.15) is 5.10 Å². The van der Waals surface area contributed by atoms with E-state index < -0.39 is 5.97 Å². The largest absolute Gasteiger partial charge is 0.465 e. The molecule has 4 rings (SSSR count). The fourth-order valence-corrected chi connectivity index (χ4v) is 3.22. The highest BCUT2D eigenvalue weighted by atomic mass is 35.5. The van der Waals surface area contributed by atoms with Gasteiger partial charge in [0, 0.05) is 23.2 Å². The third-order valence-electron chi connectivity index (χ3n) is 4.18. The number of ether oxygens (including phenoxy) is 1. The molecular formula is C18H15ClN4O2. The van der Waals surface area contributed by atoms with E-state index in [2.05, 4.69) is 15.1 Å². The van der Waals surface area contributed by atoms with Crippen LogP contribution < -0.4 is 0 Å². The van der Waals surface area contributed by atoms with Gasteiger partial charge >= 0.3 is 5.97 Å². The molecule has 0 radical (unpaired) electrons. The number of benzene rings is 1. The van der Waals surface area contributed by atoms with E-state index in [1.54, 1.807) is 12.3 Å². The Morgan fingerprint density at radius 2 is 2.12 bits per heavy atom. The summed E-state index contributed by atoms with van der Waals surface area (Å²) in [5.74, 6) is -0.401. The Bertz CT molecular complexity index is 1110. The summed E-state index contributed by atoms with van der Waals surface area (Å²) < 4.78 is 6.76. The molecule has 0 saturated heterocycles. The average Bonchev–Trinajstić information content (AvgIpc) is 3.20. The number of nitrogens with zero attached hydrogens (tertiary/aromatic N) is 3. The van der Waals surface area contributed by atoms with Crippen LogP contribution in [0.4, 0.5) is 0 Å². The first-order chi connectivity index (χ1) is 12.1. The van der Waals surface area contributed by atoms with Crippen molar-refractivity contribution in [3.63, 3.8) is 0 Å². The Morgan fingerprint density at radius 1 is 1.28 bits per heavy atom. The Hall–Kier alpha value is -2.86. The number of aryl methyl sites for hydroxylation is 1. The fourth-order valence-electron chi connectivity index (χ4n) is 3.05. The van der Waals surface area contributed by atoms with E-state index in [0.717, 1.165) is 22.3 Å². The summed E-state index contributed by atoms with van der Waals surface area (Å²) in [5.41, 5.74) is 4.39.